The van der Waals surface area contributed by atoms with Gasteiger partial charge in [0.05, 0.1) is 11.1 Å². The van der Waals surface area contributed by atoms with Gasteiger partial charge in [-0.15, -0.1) is 0 Å². The molecule has 1 aromatic carbocycles. The predicted molar refractivity (Wildman–Crippen MR) is 76.9 cm³/mol. The lowest BCUT2D eigenvalue weighted by molar-refractivity contribution is 0.0905. The molecule has 0 aliphatic heterocycles. The van der Waals surface area contributed by atoms with Gasteiger partial charge in [-0.1, -0.05) is 55.8 Å². The second-order valence-electron chi connectivity index (χ2n) is 5.59. The minimum Gasteiger partial charge on any atom is -0.392 e. The quantitative estimate of drug-likeness (QED) is 0.850. The molecule has 0 saturated heterocycles. The van der Waals surface area contributed by atoms with Crippen molar-refractivity contribution in [2.24, 2.45) is 5.92 Å². The van der Waals surface area contributed by atoms with E-state index in [1.807, 2.05) is 0 Å². The topological polar surface area (TPSA) is 20.2 Å². The van der Waals surface area contributed by atoms with E-state index in [1.165, 1.54) is 32.1 Å². The highest BCUT2D eigenvalue weighted by molar-refractivity contribution is 6.30. The number of halogens is 2. The molecule has 0 aromatic heterocycles. The van der Waals surface area contributed by atoms with Gasteiger partial charge in [0, 0.05) is 6.42 Å². The molecule has 0 radical (unpaired) electrons. The Balaban J connectivity index is 1.98. The Morgan fingerprint density at radius 1 is 1.16 bits per heavy atom. The smallest absolute Gasteiger partial charge is 0.145 e. The molecule has 2 rings (SSSR count). The van der Waals surface area contributed by atoms with Crippen molar-refractivity contribution in [3.05, 3.63) is 34.6 Å². The molecular weight excluding hydrogens is 263 g/mol. The van der Waals surface area contributed by atoms with Gasteiger partial charge in [0.1, 0.15) is 5.82 Å². The average molecular weight is 285 g/mol. The monoisotopic (exact) mass is 284 g/mol. The highest BCUT2D eigenvalue weighted by Crippen LogP contribution is 2.28. The van der Waals surface area contributed by atoms with Gasteiger partial charge in [-0.05, 0) is 30.4 Å². The minimum absolute atomic E-state index is 0.141. The van der Waals surface area contributed by atoms with Crippen molar-refractivity contribution in [2.45, 2.75) is 57.5 Å². The van der Waals surface area contributed by atoms with Gasteiger partial charge in [-0.3, -0.25) is 0 Å². The Morgan fingerprint density at radius 3 is 2.47 bits per heavy atom. The van der Waals surface area contributed by atoms with Crippen molar-refractivity contribution in [2.75, 3.05) is 0 Å². The van der Waals surface area contributed by atoms with Crippen LogP contribution in [0.3, 0.4) is 0 Å². The average Bonchev–Trinajstić information content (AvgIpc) is 2.34. The van der Waals surface area contributed by atoms with Crippen LogP contribution in [-0.2, 0) is 6.42 Å². The molecule has 1 N–H and O–H groups in total. The van der Waals surface area contributed by atoms with Crippen LogP contribution < -0.4 is 0 Å². The summed E-state index contributed by atoms with van der Waals surface area (Å²) in [5.41, 5.74) is 0.530. The fourth-order valence-electron chi connectivity index (χ4n) is 2.97. The normalized spacial score (nSPS) is 19.7. The van der Waals surface area contributed by atoms with Gasteiger partial charge in [-0.25, -0.2) is 4.39 Å². The zero-order chi connectivity index (χ0) is 13.7. The van der Waals surface area contributed by atoms with Crippen LogP contribution in [0.25, 0.3) is 0 Å². The Hall–Kier alpha value is -0.600. The summed E-state index contributed by atoms with van der Waals surface area (Å²) in [6.45, 7) is 0. The summed E-state index contributed by atoms with van der Waals surface area (Å²) in [6, 6.07) is 5.00. The van der Waals surface area contributed by atoms with Gasteiger partial charge in [0.15, 0.2) is 0 Å². The third-order valence-electron chi connectivity index (χ3n) is 4.15. The Kier molecular flexibility index (Phi) is 5.65. The van der Waals surface area contributed by atoms with Crippen molar-refractivity contribution < 1.29 is 9.50 Å². The third kappa shape index (κ3) is 4.19. The highest BCUT2D eigenvalue weighted by Gasteiger charge is 2.21. The van der Waals surface area contributed by atoms with Crippen molar-refractivity contribution in [3.8, 4) is 0 Å². The van der Waals surface area contributed by atoms with Crippen molar-refractivity contribution in [1.29, 1.82) is 0 Å². The number of hydrogen-bond acceptors (Lipinski definition) is 1. The molecule has 0 spiro atoms. The molecule has 1 unspecified atom stereocenters. The van der Waals surface area contributed by atoms with Gasteiger partial charge in [0.2, 0.25) is 0 Å². The van der Waals surface area contributed by atoms with E-state index in [2.05, 4.69) is 0 Å². The first-order valence-electron chi connectivity index (χ1n) is 7.29. The van der Waals surface area contributed by atoms with Crippen molar-refractivity contribution >= 4 is 11.6 Å². The predicted octanol–water partition coefficient (Wildman–Crippen LogP) is 4.74. The molecule has 1 aliphatic rings. The second kappa shape index (κ2) is 7.25. The molecule has 19 heavy (non-hydrogen) atoms. The Morgan fingerprint density at radius 2 is 1.79 bits per heavy atom. The molecule has 1 aromatic rings. The van der Waals surface area contributed by atoms with Gasteiger partial charge < -0.3 is 5.11 Å². The lowest BCUT2D eigenvalue weighted by Crippen LogP contribution is -2.24. The van der Waals surface area contributed by atoms with Crippen molar-refractivity contribution in [1.82, 2.24) is 0 Å². The number of aliphatic hydroxyl groups is 1. The maximum Gasteiger partial charge on any atom is 0.145 e. The largest absolute Gasteiger partial charge is 0.392 e. The van der Waals surface area contributed by atoms with Crippen molar-refractivity contribution in [3.63, 3.8) is 0 Å². The van der Waals surface area contributed by atoms with E-state index in [9.17, 15) is 9.50 Å². The first kappa shape index (κ1) is 14.8. The van der Waals surface area contributed by atoms with Crippen LogP contribution in [0, 0.1) is 11.7 Å². The molecule has 3 heteroatoms. The number of aliphatic hydroxyl groups excluding tert-OH is 1. The molecule has 0 amide bonds. The molecule has 0 bridgehead atoms. The van der Waals surface area contributed by atoms with Crippen LogP contribution in [0.15, 0.2) is 18.2 Å². The van der Waals surface area contributed by atoms with Crippen LogP contribution in [0.4, 0.5) is 4.39 Å². The molecule has 1 fully saturated rings. The van der Waals surface area contributed by atoms with E-state index >= 15 is 0 Å². The molecule has 1 saturated carbocycles. The summed E-state index contributed by atoms with van der Waals surface area (Å²) in [4.78, 5) is 0. The van der Waals surface area contributed by atoms with Gasteiger partial charge >= 0.3 is 0 Å². The van der Waals surface area contributed by atoms with Gasteiger partial charge in [0.25, 0.3) is 0 Å². The van der Waals surface area contributed by atoms with Crippen LogP contribution in [0.5, 0.6) is 0 Å². The minimum atomic E-state index is -0.453. The molecule has 106 valence electrons. The fourth-order valence-corrected chi connectivity index (χ4v) is 3.16. The Labute approximate surface area is 119 Å². The second-order valence-corrected chi connectivity index (χ2v) is 6.00. The van der Waals surface area contributed by atoms with E-state index in [4.69, 9.17) is 11.6 Å². The molecule has 0 heterocycles. The number of benzene rings is 1. The summed E-state index contributed by atoms with van der Waals surface area (Å²) in [6.07, 6.45) is 8.23. The van der Waals surface area contributed by atoms with Crippen LogP contribution in [0.1, 0.15) is 50.5 Å². The number of rotatable bonds is 3. The highest BCUT2D eigenvalue weighted by atomic mass is 35.5. The maximum atomic E-state index is 13.8. The summed E-state index contributed by atoms with van der Waals surface area (Å²) in [5.74, 6) is -0.0762. The summed E-state index contributed by atoms with van der Waals surface area (Å²) < 4.78 is 13.8. The van der Waals surface area contributed by atoms with Gasteiger partial charge in [-0.2, -0.15) is 0 Å². The van der Waals surface area contributed by atoms with Crippen LogP contribution >= 0.6 is 11.6 Å². The van der Waals surface area contributed by atoms with Crippen LogP contribution in [0.2, 0.25) is 5.02 Å². The SMILES string of the molecule is OC(Cc1cccc(Cl)c1F)C1CCCCCCC1. The molecular formula is C16H22ClFO. The zero-order valence-electron chi connectivity index (χ0n) is 11.2. The first-order valence-corrected chi connectivity index (χ1v) is 7.67. The lowest BCUT2D eigenvalue weighted by Gasteiger charge is -2.25. The lowest BCUT2D eigenvalue weighted by atomic mass is 9.85. The van der Waals surface area contributed by atoms with E-state index < -0.39 is 6.10 Å². The van der Waals surface area contributed by atoms with E-state index in [1.54, 1.807) is 18.2 Å². The van der Waals surface area contributed by atoms with E-state index in [0.29, 0.717) is 17.9 Å². The van der Waals surface area contributed by atoms with Crippen LogP contribution in [-0.4, -0.2) is 11.2 Å². The fraction of sp³-hybridized carbons (Fsp3) is 0.625. The third-order valence-corrected chi connectivity index (χ3v) is 4.45. The zero-order valence-corrected chi connectivity index (χ0v) is 12.0. The maximum absolute atomic E-state index is 13.8. The Bertz CT molecular complexity index is 400. The van der Waals surface area contributed by atoms with E-state index in [0.717, 1.165) is 12.8 Å². The molecule has 1 aliphatic carbocycles. The number of hydrogen-bond donors (Lipinski definition) is 1. The first-order chi connectivity index (χ1) is 9.18. The summed E-state index contributed by atoms with van der Waals surface area (Å²) >= 11 is 5.77. The summed E-state index contributed by atoms with van der Waals surface area (Å²) in [5, 5.41) is 10.5. The summed E-state index contributed by atoms with van der Waals surface area (Å²) in [7, 11) is 0. The standard InChI is InChI=1S/C16H22ClFO/c17-14-10-6-9-13(16(14)18)11-15(19)12-7-4-2-1-3-5-8-12/h6,9-10,12,15,19H,1-5,7-8,11H2. The molecule has 1 atom stereocenters. The van der Waals surface area contributed by atoms with E-state index in [-0.39, 0.29) is 10.8 Å². The molecule has 1 nitrogen and oxygen atoms in total.